The summed E-state index contributed by atoms with van der Waals surface area (Å²) in [5, 5.41) is 0. The van der Waals surface area contributed by atoms with Crippen LogP contribution in [-0.4, -0.2) is 61.2 Å². The highest BCUT2D eigenvalue weighted by Crippen LogP contribution is 2.43. The van der Waals surface area contributed by atoms with Crippen LogP contribution in [0, 0.1) is 11.3 Å². The van der Waals surface area contributed by atoms with E-state index in [2.05, 4.69) is 28.8 Å². The Balaban J connectivity index is 1.58. The molecule has 1 aromatic heterocycles. The van der Waals surface area contributed by atoms with E-state index in [0.717, 1.165) is 18.8 Å². The second kappa shape index (κ2) is 6.42. The van der Waals surface area contributed by atoms with Crippen molar-refractivity contribution in [3.8, 4) is 0 Å². The van der Waals surface area contributed by atoms with Gasteiger partial charge in [-0.05, 0) is 38.7 Å². The molecule has 4 heteroatoms. The monoisotopic (exact) mass is 289 g/mol. The number of nitrogens with zero attached hydrogens (tertiary/aromatic N) is 3. The van der Waals surface area contributed by atoms with Crippen molar-refractivity contribution in [1.82, 2.24) is 14.8 Å². The predicted octanol–water partition coefficient (Wildman–Crippen LogP) is 1.87. The van der Waals surface area contributed by atoms with Crippen molar-refractivity contribution in [3.05, 3.63) is 30.1 Å². The number of hydrogen-bond acceptors (Lipinski definition) is 4. The summed E-state index contributed by atoms with van der Waals surface area (Å²) in [6.07, 6.45) is 3.15. The van der Waals surface area contributed by atoms with E-state index in [1.54, 1.807) is 0 Å². The minimum atomic E-state index is 0.453. The van der Waals surface area contributed by atoms with Crippen molar-refractivity contribution >= 4 is 0 Å². The molecule has 3 rings (SSSR count). The molecule has 2 saturated heterocycles. The molecule has 0 aliphatic carbocycles. The molecule has 0 radical (unpaired) electrons. The summed E-state index contributed by atoms with van der Waals surface area (Å²) in [4.78, 5) is 9.40. The average Bonchev–Trinajstić information content (AvgIpc) is 3.04. The Morgan fingerprint density at radius 1 is 1.38 bits per heavy atom. The highest BCUT2D eigenvalue weighted by molar-refractivity contribution is 5.03. The van der Waals surface area contributed by atoms with Gasteiger partial charge in [0.15, 0.2) is 0 Å². The molecule has 3 heterocycles. The lowest BCUT2D eigenvalue weighted by Gasteiger charge is -2.30. The second-order valence-electron chi connectivity index (χ2n) is 6.71. The number of likely N-dealkylation sites (tertiary alicyclic amines) is 2. The van der Waals surface area contributed by atoms with Crippen molar-refractivity contribution in [2.45, 2.75) is 20.0 Å². The van der Waals surface area contributed by atoms with Crippen LogP contribution in [0.3, 0.4) is 0 Å². The zero-order valence-corrected chi connectivity index (χ0v) is 13.3. The van der Waals surface area contributed by atoms with Crippen LogP contribution in [0.4, 0.5) is 0 Å². The van der Waals surface area contributed by atoms with E-state index >= 15 is 0 Å². The van der Waals surface area contributed by atoms with E-state index in [-0.39, 0.29) is 0 Å². The summed E-state index contributed by atoms with van der Waals surface area (Å²) in [7, 11) is 2.25. The summed E-state index contributed by atoms with van der Waals surface area (Å²) >= 11 is 0. The topological polar surface area (TPSA) is 28.6 Å². The van der Waals surface area contributed by atoms with Crippen LogP contribution < -0.4 is 0 Å². The van der Waals surface area contributed by atoms with Crippen molar-refractivity contribution in [2.75, 3.05) is 46.4 Å². The largest absolute Gasteiger partial charge is 0.375 e. The van der Waals surface area contributed by atoms with Crippen LogP contribution in [0.5, 0.6) is 0 Å². The first-order valence-corrected chi connectivity index (χ1v) is 8.10. The number of hydrogen-bond donors (Lipinski definition) is 0. The fourth-order valence-corrected chi connectivity index (χ4v) is 3.98. The van der Waals surface area contributed by atoms with Gasteiger partial charge in [-0.15, -0.1) is 0 Å². The Kier molecular flexibility index (Phi) is 4.57. The molecule has 116 valence electrons. The molecule has 2 fully saturated rings. The highest BCUT2D eigenvalue weighted by atomic mass is 16.5. The molecule has 2 aliphatic heterocycles. The SMILES string of the molecule is CCN1C[C@@H](COCc2ccccn2)[C@@]2(CCN(C)C2)C1. The Morgan fingerprint density at radius 2 is 2.29 bits per heavy atom. The Morgan fingerprint density at radius 3 is 2.95 bits per heavy atom. The number of pyridine rings is 1. The molecule has 0 bridgehead atoms. The van der Waals surface area contributed by atoms with Gasteiger partial charge < -0.3 is 14.5 Å². The molecule has 0 unspecified atom stereocenters. The molecule has 1 spiro atoms. The van der Waals surface area contributed by atoms with Gasteiger partial charge in [0, 0.05) is 37.2 Å². The van der Waals surface area contributed by atoms with E-state index in [1.165, 1.54) is 32.6 Å². The Hall–Kier alpha value is -0.970. The van der Waals surface area contributed by atoms with E-state index in [0.29, 0.717) is 17.9 Å². The quantitative estimate of drug-likeness (QED) is 0.827. The fourth-order valence-electron chi connectivity index (χ4n) is 3.98. The van der Waals surface area contributed by atoms with Crippen molar-refractivity contribution in [1.29, 1.82) is 0 Å². The van der Waals surface area contributed by atoms with E-state index < -0.39 is 0 Å². The number of ether oxygens (including phenoxy) is 1. The first-order chi connectivity index (χ1) is 10.2. The molecule has 4 nitrogen and oxygen atoms in total. The second-order valence-corrected chi connectivity index (χ2v) is 6.71. The third-order valence-corrected chi connectivity index (χ3v) is 5.20. The third kappa shape index (κ3) is 3.28. The van der Waals surface area contributed by atoms with Gasteiger partial charge in [-0.1, -0.05) is 13.0 Å². The van der Waals surface area contributed by atoms with E-state index in [9.17, 15) is 0 Å². The molecule has 0 N–H and O–H groups in total. The maximum absolute atomic E-state index is 6.01. The van der Waals surface area contributed by atoms with Gasteiger partial charge in [-0.25, -0.2) is 0 Å². The van der Waals surface area contributed by atoms with Crippen molar-refractivity contribution in [2.24, 2.45) is 11.3 Å². The molecule has 0 aromatic carbocycles. The standard InChI is InChI=1S/C17H27N3O/c1-3-20-10-15(17(14-20)7-9-19(2)13-17)11-21-12-16-6-4-5-8-18-16/h4-6,8,15H,3,7,9-14H2,1-2H3/t15-,17+/m0/s1. The maximum atomic E-state index is 6.01. The lowest BCUT2D eigenvalue weighted by atomic mass is 9.78. The lowest BCUT2D eigenvalue weighted by molar-refractivity contribution is 0.0512. The molecular weight excluding hydrogens is 262 g/mol. The van der Waals surface area contributed by atoms with Crippen molar-refractivity contribution in [3.63, 3.8) is 0 Å². The maximum Gasteiger partial charge on any atom is 0.0887 e. The van der Waals surface area contributed by atoms with Gasteiger partial charge in [-0.3, -0.25) is 4.98 Å². The smallest absolute Gasteiger partial charge is 0.0887 e. The molecule has 2 aliphatic rings. The van der Waals surface area contributed by atoms with Crippen LogP contribution in [-0.2, 0) is 11.3 Å². The summed E-state index contributed by atoms with van der Waals surface area (Å²) in [5.74, 6) is 0.658. The number of rotatable bonds is 5. The minimum Gasteiger partial charge on any atom is -0.375 e. The molecule has 1 aromatic rings. The Bertz CT molecular complexity index is 453. The number of aromatic nitrogens is 1. The van der Waals surface area contributed by atoms with Crippen molar-refractivity contribution < 1.29 is 4.74 Å². The normalized spacial score (nSPS) is 30.5. The van der Waals surface area contributed by atoms with Crippen LogP contribution in [0.2, 0.25) is 0 Å². The lowest BCUT2D eigenvalue weighted by Crippen LogP contribution is -2.35. The fraction of sp³-hybridized carbons (Fsp3) is 0.706. The Labute approximate surface area is 128 Å². The summed E-state index contributed by atoms with van der Waals surface area (Å²) in [5.41, 5.74) is 1.48. The third-order valence-electron chi connectivity index (χ3n) is 5.20. The molecular formula is C17H27N3O. The van der Waals surface area contributed by atoms with Crippen LogP contribution in [0.15, 0.2) is 24.4 Å². The summed E-state index contributed by atoms with van der Waals surface area (Å²) in [6.45, 7) is 9.80. The molecule has 21 heavy (non-hydrogen) atoms. The predicted molar refractivity (Wildman–Crippen MR) is 84.0 cm³/mol. The first-order valence-electron chi connectivity index (χ1n) is 8.10. The minimum absolute atomic E-state index is 0.453. The molecule has 0 amide bonds. The summed E-state index contributed by atoms with van der Waals surface area (Å²) < 4.78 is 6.01. The van der Waals surface area contributed by atoms with Gasteiger partial charge in [0.25, 0.3) is 0 Å². The molecule has 0 saturated carbocycles. The van der Waals surface area contributed by atoms with Gasteiger partial charge in [0.05, 0.1) is 18.9 Å². The first kappa shape index (κ1) is 14.9. The van der Waals surface area contributed by atoms with E-state index in [4.69, 9.17) is 4.74 Å². The highest BCUT2D eigenvalue weighted by Gasteiger charge is 2.49. The summed E-state index contributed by atoms with van der Waals surface area (Å²) in [6, 6.07) is 6.00. The molecule has 2 atom stereocenters. The average molecular weight is 289 g/mol. The van der Waals surface area contributed by atoms with Crippen LogP contribution in [0.1, 0.15) is 19.0 Å². The van der Waals surface area contributed by atoms with Gasteiger partial charge >= 0.3 is 0 Å². The van der Waals surface area contributed by atoms with Gasteiger partial charge in [0.2, 0.25) is 0 Å². The zero-order valence-electron chi connectivity index (χ0n) is 13.3. The van der Waals surface area contributed by atoms with Crippen LogP contribution >= 0.6 is 0 Å². The van der Waals surface area contributed by atoms with Crippen LogP contribution in [0.25, 0.3) is 0 Å². The van der Waals surface area contributed by atoms with Gasteiger partial charge in [-0.2, -0.15) is 0 Å². The zero-order chi connectivity index (χ0) is 14.7. The van der Waals surface area contributed by atoms with E-state index in [1.807, 2.05) is 24.4 Å². The van der Waals surface area contributed by atoms with Gasteiger partial charge in [0.1, 0.15) is 0 Å².